The number of ether oxygens (including phenoxy) is 1. The Bertz CT molecular complexity index is 1120. The summed E-state index contributed by atoms with van der Waals surface area (Å²) in [5.74, 6) is 0.344. The molecule has 0 unspecified atom stereocenters. The minimum absolute atomic E-state index is 0.198. The SMILES string of the molecule is CCN(CC)c1ccc(/C=C2\CCC(/C=N/Nc3nc(C)cc(=O)[nH]3)=C2N2CCOCC2)cc1. The zero-order chi connectivity index (χ0) is 23.9. The number of hydrogen-bond acceptors (Lipinski definition) is 7. The first-order valence-corrected chi connectivity index (χ1v) is 12.1. The van der Waals surface area contributed by atoms with Crippen LogP contribution in [0, 0.1) is 6.92 Å². The van der Waals surface area contributed by atoms with Gasteiger partial charge in [-0.05, 0) is 68.5 Å². The van der Waals surface area contributed by atoms with Crippen LogP contribution in [0.2, 0.25) is 0 Å². The monoisotopic (exact) mass is 462 g/mol. The summed E-state index contributed by atoms with van der Waals surface area (Å²) in [6.45, 7) is 11.3. The molecule has 2 aliphatic rings. The zero-order valence-corrected chi connectivity index (χ0v) is 20.3. The Kier molecular flexibility index (Phi) is 7.80. The van der Waals surface area contributed by atoms with Crippen LogP contribution in [-0.4, -0.2) is 60.5 Å². The summed E-state index contributed by atoms with van der Waals surface area (Å²) >= 11 is 0. The molecular weight excluding hydrogens is 428 g/mol. The standard InChI is InChI=1S/C26H34N6O2/c1-4-31(5-2)23-10-6-20(7-11-23)17-21-8-9-22(25(21)32-12-14-34-15-13-32)18-27-30-26-28-19(3)16-24(33)29-26/h6-7,10-11,16-18H,4-5,8-9,12-15H2,1-3H3,(H2,28,29,30,33)/b21-17+,27-18+. The quantitative estimate of drug-likeness (QED) is 0.459. The van der Waals surface area contributed by atoms with Gasteiger partial charge in [0.05, 0.1) is 19.4 Å². The number of morpholine rings is 1. The highest BCUT2D eigenvalue weighted by Crippen LogP contribution is 2.35. The number of anilines is 2. The first-order valence-electron chi connectivity index (χ1n) is 12.1. The van der Waals surface area contributed by atoms with Gasteiger partial charge >= 0.3 is 0 Å². The number of aromatic amines is 1. The van der Waals surface area contributed by atoms with Gasteiger partial charge in [-0.3, -0.25) is 9.78 Å². The molecule has 8 heteroatoms. The molecule has 0 amide bonds. The van der Waals surface area contributed by atoms with Crippen molar-refractivity contribution in [2.24, 2.45) is 5.10 Å². The highest BCUT2D eigenvalue weighted by atomic mass is 16.5. The van der Waals surface area contributed by atoms with E-state index in [0.29, 0.717) is 11.6 Å². The average molecular weight is 463 g/mol. The Morgan fingerprint density at radius 1 is 1.18 bits per heavy atom. The lowest BCUT2D eigenvalue weighted by Gasteiger charge is -2.31. The Morgan fingerprint density at radius 3 is 2.59 bits per heavy atom. The third-order valence-electron chi connectivity index (χ3n) is 6.22. The second-order valence-electron chi connectivity index (χ2n) is 8.51. The van der Waals surface area contributed by atoms with E-state index in [0.717, 1.165) is 52.2 Å². The van der Waals surface area contributed by atoms with Gasteiger partial charge in [0.15, 0.2) is 0 Å². The maximum absolute atomic E-state index is 11.7. The number of H-pyrrole nitrogens is 1. The maximum Gasteiger partial charge on any atom is 0.252 e. The lowest BCUT2D eigenvalue weighted by molar-refractivity contribution is 0.0548. The van der Waals surface area contributed by atoms with Crippen LogP contribution >= 0.6 is 0 Å². The normalized spacial score (nSPS) is 17.7. The van der Waals surface area contributed by atoms with Crippen molar-refractivity contribution in [1.29, 1.82) is 0 Å². The summed E-state index contributed by atoms with van der Waals surface area (Å²) in [6, 6.07) is 10.3. The molecule has 4 rings (SSSR count). The van der Waals surface area contributed by atoms with Crippen molar-refractivity contribution in [3.8, 4) is 0 Å². The van der Waals surface area contributed by atoms with Gasteiger partial charge in [0.1, 0.15) is 0 Å². The van der Waals surface area contributed by atoms with Crippen molar-refractivity contribution in [2.75, 3.05) is 49.7 Å². The van der Waals surface area contributed by atoms with Gasteiger partial charge in [0.2, 0.25) is 5.95 Å². The molecule has 1 aliphatic carbocycles. The smallest absolute Gasteiger partial charge is 0.252 e. The number of allylic oxidation sites excluding steroid dienone is 2. The van der Waals surface area contributed by atoms with Gasteiger partial charge in [-0.25, -0.2) is 10.4 Å². The zero-order valence-electron chi connectivity index (χ0n) is 20.3. The van der Waals surface area contributed by atoms with Crippen molar-refractivity contribution >= 4 is 23.9 Å². The molecule has 8 nitrogen and oxygen atoms in total. The lowest BCUT2D eigenvalue weighted by Crippen LogP contribution is -2.36. The number of rotatable bonds is 8. The second-order valence-corrected chi connectivity index (χ2v) is 8.51. The number of nitrogens with zero attached hydrogens (tertiary/aromatic N) is 4. The molecule has 1 aromatic carbocycles. The van der Waals surface area contributed by atoms with Crippen LogP contribution in [0.1, 0.15) is 37.9 Å². The molecule has 34 heavy (non-hydrogen) atoms. The van der Waals surface area contributed by atoms with Gasteiger partial charge in [-0.2, -0.15) is 5.10 Å². The molecule has 1 aromatic heterocycles. The third-order valence-corrected chi connectivity index (χ3v) is 6.22. The Hall–Kier alpha value is -3.39. The molecule has 2 aromatic rings. The first-order chi connectivity index (χ1) is 16.6. The summed E-state index contributed by atoms with van der Waals surface area (Å²) in [5.41, 5.74) is 9.52. The highest BCUT2D eigenvalue weighted by molar-refractivity contribution is 5.84. The molecular formula is C26H34N6O2. The van der Waals surface area contributed by atoms with Crippen LogP contribution in [-0.2, 0) is 4.74 Å². The Labute approximate surface area is 201 Å². The topological polar surface area (TPSA) is 85.8 Å². The van der Waals surface area contributed by atoms with Crippen molar-refractivity contribution in [2.45, 2.75) is 33.6 Å². The molecule has 2 heterocycles. The molecule has 0 spiro atoms. The van der Waals surface area contributed by atoms with E-state index in [-0.39, 0.29) is 5.56 Å². The molecule has 180 valence electrons. The van der Waals surface area contributed by atoms with Crippen molar-refractivity contribution in [3.05, 3.63) is 68.8 Å². The molecule has 2 N–H and O–H groups in total. The third kappa shape index (κ3) is 5.75. The first kappa shape index (κ1) is 23.8. The minimum atomic E-state index is -0.198. The van der Waals surface area contributed by atoms with Crippen LogP contribution in [0.25, 0.3) is 6.08 Å². The summed E-state index contributed by atoms with van der Waals surface area (Å²) in [7, 11) is 0. The van der Waals surface area contributed by atoms with E-state index in [9.17, 15) is 4.79 Å². The van der Waals surface area contributed by atoms with Crippen LogP contribution in [0.15, 0.2) is 57.1 Å². The van der Waals surface area contributed by atoms with E-state index in [4.69, 9.17) is 4.74 Å². The summed E-state index contributed by atoms with van der Waals surface area (Å²) in [6.07, 6.45) is 6.03. The van der Waals surface area contributed by atoms with Gasteiger partial charge in [-0.1, -0.05) is 12.1 Å². The number of aryl methyl sites for hydroxylation is 1. The van der Waals surface area contributed by atoms with E-state index in [2.05, 4.69) is 74.5 Å². The highest BCUT2D eigenvalue weighted by Gasteiger charge is 2.25. The number of hydrazone groups is 1. The molecule has 1 fully saturated rings. The van der Waals surface area contributed by atoms with E-state index >= 15 is 0 Å². The summed E-state index contributed by atoms with van der Waals surface area (Å²) in [4.78, 5) is 23.4. The fourth-order valence-corrected chi connectivity index (χ4v) is 4.55. The summed E-state index contributed by atoms with van der Waals surface area (Å²) < 4.78 is 5.59. The fraction of sp³-hybridized carbons (Fsp3) is 0.423. The molecule has 1 saturated heterocycles. The number of aromatic nitrogens is 2. The molecule has 0 atom stereocenters. The maximum atomic E-state index is 11.7. The Morgan fingerprint density at radius 2 is 1.91 bits per heavy atom. The molecule has 1 aliphatic heterocycles. The Balaban J connectivity index is 1.59. The van der Waals surface area contributed by atoms with Crippen molar-refractivity contribution in [3.63, 3.8) is 0 Å². The predicted molar refractivity (Wildman–Crippen MR) is 138 cm³/mol. The molecule has 0 bridgehead atoms. The second kappa shape index (κ2) is 11.2. The number of hydrogen-bond donors (Lipinski definition) is 2. The largest absolute Gasteiger partial charge is 0.378 e. The molecule has 0 radical (unpaired) electrons. The van der Waals surface area contributed by atoms with E-state index in [1.54, 1.807) is 6.92 Å². The lowest BCUT2D eigenvalue weighted by atomic mass is 10.1. The van der Waals surface area contributed by atoms with Crippen LogP contribution < -0.4 is 15.9 Å². The van der Waals surface area contributed by atoms with Gasteiger partial charge in [-0.15, -0.1) is 0 Å². The van der Waals surface area contributed by atoms with Gasteiger partial charge in [0.25, 0.3) is 5.56 Å². The number of benzene rings is 1. The fourth-order valence-electron chi connectivity index (χ4n) is 4.55. The van der Waals surface area contributed by atoms with Crippen molar-refractivity contribution in [1.82, 2.24) is 14.9 Å². The van der Waals surface area contributed by atoms with Crippen LogP contribution in [0.3, 0.4) is 0 Å². The van der Waals surface area contributed by atoms with Crippen LogP contribution in [0.5, 0.6) is 0 Å². The summed E-state index contributed by atoms with van der Waals surface area (Å²) in [5, 5.41) is 4.39. The van der Waals surface area contributed by atoms with Crippen molar-refractivity contribution < 1.29 is 4.74 Å². The number of nitrogens with one attached hydrogen (secondary N) is 2. The van der Waals surface area contributed by atoms with Crippen LogP contribution in [0.4, 0.5) is 11.6 Å². The van der Waals surface area contributed by atoms with Gasteiger partial charge in [0, 0.05) is 49.3 Å². The van der Waals surface area contributed by atoms with E-state index < -0.39 is 0 Å². The average Bonchev–Trinajstić information content (AvgIpc) is 3.23. The van der Waals surface area contributed by atoms with Gasteiger partial charge < -0.3 is 14.5 Å². The van der Waals surface area contributed by atoms with E-state index in [1.807, 2.05) is 6.21 Å². The van der Waals surface area contributed by atoms with E-state index in [1.165, 1.54) is 34.2 Å². The minimum Gasteiger partial charge on any atom is -0.378 e. The molecule has 0 saturated carbocycles. The predicted octanol–water partition coefficient (Wildman–Crippen LogP) is 3.79.